The third-order valence-corrected chi connectivity index (χ3v) is 2.66. The molecule has 1 aromatic carbocycles. The number of nitrogen functional groups attached to an aromatic ring is 1. The summed E-state index contributed by atoms with van der Waals surface area (Å²) in [5.74, 6) is 0.424. The van der Waals surface area contributed by atoms with Gasteiger partial charge in [0.05, 0.1) is 12.2 Å². The van der Waals surface area contributed by atoms with E-state index in [2.05, 4.69) is 10.3 Å². The van der Waals surface area contributed by atoms with Gasteiger partial charge in [0, 0.05) is 11.4 Å². The van der Waals surface area contributed by atoms with E-state index in [9.17, 15) is 4.79 Å². The number of benzene rings is 1. The third-order valence-electron chi connectivity index (χ3n) is 2.66. The molecule has 0 saturated heterocycles. The molecule has 104 valence electrons. The van der Waals surface area contributed by atoms with Crippen LogP contribution in [0.5, 0.6) is 5.75 Å². The van der Waals surface area contributed by atoms with E-state index in [4.69, 9.17) is 10.5 Å². The van der Waals surface area contributed by atoms with Gasteiger partial charge in [-0.1, -0.05) is 6.07 Å². The van der Waals surface area contributed by atoms with Crippen molar-refractivity contribution in [3.05, 3.63) is 53.9 Å². The zero-order valence-corrected chi connectivity index (χ0v) is 11.3. The van der Waals surface area contributed by atoms with Crippen LogP contribution < -0.4 is 15.8 Å². The van der Waals surface area contributed by atoms with Gasteiger partial charge in [0.15, 0.2) is 6.61 Å². The standard InChI is InChI=1S/C15H17N3O2/c1-11-3-2-4-13(18-11)9-17-15(19)10-20-14-7-5-12(16)6-8-14/h2-8H,9-10,16H2,1H3,(H,17,19). The lowest BCUT2D eigenvalue weighted by Gasteiger charge is -2.07. The van der Waals surface area contributed by atoms with Gasteiger partial charge < -0.3 is 15.8 Å². The van der Waals surface area contributed by atoms with E-state index >= 15 is 0 Å². The Balaban J connectivity index is 1.77. The van der Waals surface area contributed by atoms with E-state index < -0.39 is 0 Å². The molecule has 0 aliphatic carbocycles. The summed E-state index contributed by atoms with van der Waals surface area (Å²) in [4.78, 5) is 16.0. The minimum atomic E-state index is -0.190. The Hall–Kier alpha value is -2.56. The summed E-state index contributed by atoms with van der Waals surface area (Å²) in [6, 6.07) is 12.6. The molecule has 20 heavy (non-hydrogen) atoms. The number of aryl methyl sites for hydroxylation is 1. The summed E-state index contributed by atoms with van der Waals surface area (Å²) >= 11 is 0. The summed E-state index contributed by atoms with van der Waals surface area (Å²) < 4.78 is 5.35. The highest BCUT2D eigenvalue weighted by Crippen LogP contribution is 2.12. The van der Waals surface area contributed by atoms with Crippen molar-refractivity contribution in [3.63, 3.8) is 0 Å². The molecule has 1 aromatic heterocycles. The van der Waals surface area contributed by atoms with Crippen molar-refractivity contribution in [2.75, 3.05) is 12.3 Å². The molecule has 5 heteroatoms. The fraction of sp³-hybridized carbons (Fsp3) is 0.200. The predicted octanol–water partition coefficient (Wildman–Crippen LogP) is 1.67. The lowest BCUT2D eigenvalue weighted by Crippen LogP contribution is -2.28. The number of amides is 1. The van der Waals surface area contributed by atoms with Crippen LogP contribution in [0, 0.1) is 6.92 Å². The second-order valence-electron chi connectivity index (χ2n) is 4.40. The second kappa shape index (κ2) is 6.56. The topological polar surface area (TPSA) is 77.2 Å². The van der Waals surface area contributed by atoms with Crippen LogP contribution in [0.4, 0.5) is 5.69 Å². The monoisotopic (exact) mass is 271 g/mol. The molecule has 1 heterocycles. The van der Waals surface area contributed by atoms with Crippen molar-refractivity contribution >= 4 is 11.6 Å². The molecule has 3 N–H and O–H groups in total. The van der Waals surface area contributed by atoms with E-state index in [1.807, 2.05) is 25.1 Å². The van der Waals surface area contributed by atoms with Gasteiger partial charge in [-0.25, -0.2) is 0 Å². The first-order chi connectivity index (χ1) is 9.63. The molecule has 0 atom stereocenters. The van der Waals surface area contributed by atoms with Gasteiger partial charge in [-0.05, 0) is 43.3 Å². The van der Waals surface area contributed by atoms with Gasteiger partial charge in [0.2, 0.25) is 0 Å². The maximum atomic E-state index is 11.7. The van der Waals surface area contributed by atoms with Gasteiger partial charge in [-0.3, -0.25) is 9.78 Å². The summed E-state index contributed by atoms with van der Waals surface area (Å²) in [5, 5.41) is 2.76. The molecule has 0 aliphatic rings. The number of anilines is 1. The van der Waals surface area contributed by atoms with Crippen LogP contribution in [-0.2, 0) is 11.3 Å². The highest BCUT2D eigenvalue weighted by molar-refractivity contribution is 5.77. The Kier molecular flexibility index (Phi) is 4.55. The summed E-state index contributed by atoms with van der Waals surface area (Å²) in [5.41, 5.74) is 7.98. The lowest BCUT2D eigenvalue weighted by atomic mass is 10.3. The van der Waals surface area contributed by atoms with Crippen molar-refractivity contribution in [3.8, 4) is 5.75 Å². The van der Waals surface area contributed by atoms with E-state index in [1.54, 1.807) is 24.3 Å². The zero-order valence-electron chi connectivity index (χ0n) is 11.3. The first-order valence-corrected chi connectivity index (χ1v) is 6.31. The van der Waals surface area contributed by atoms with Crippen LogP contribution in [0.3, 0.4) is 0 Å². The van der Waals surface area contributed by atoms with Gasteiger partial charge >= 0.3 is 0 Å². The van der Waals surface area contributed by atoms with Crippen LogP contribution >= 0.6 is 0 Å². The van der Waals surface area contributed by atoms with Crippen molar-refractivity contribution in [2.24, 2.45) is 0 Å². The number of ether oxygens (including phenoxy) is 1. The van der Waals surface area contributed by atoms with Gasteiger partial charge in [-0.2, -0.15) is 0 Å². The minimum Gasteiger partial charge on any atom is -0.484 e. The first kappa shape index (κ1) is 13.9. The molecule has 0 unspecified atom stereocenters. The number of hydrogen-bond acceptors (Lipinski definition) is 4. The highest BCUT2D eigenvalue weighted by Gasteiger charge is 2.03. The fourth-order valence-electron chi connectivity index (χ4n) is 1.65. The van der Waals surface area contributed by atoms with Crippen LogP contribution in [0.15, 0.2) is 42.5 Å². The summed E-state index contributed by atoms with van der Waals surface area (Å²) in [7, 11) is 0. The van der Waals surface area contributed by atoms with Gasteiger partial charge in [-0.15, -0.1) is 0 Å². The zero-order chi connectivity index (χ0) is 14.4. The molecular weight excluding hydrogens is 254 g/mol. The fourth-order valence-corrected chi connectivity index (χ4v) is 1.65. The Morgan fingerprint density at radius 2 is 2.00 bits per heavy atom. The second-order valence-corrected chi connectivity index (χ2v) is 4.40. The number of pyridine rings is 1. The maximum Gasteiger partial charge on any atom is 0.258 e. The van der Waals surface area contributed by atoms with E-state index in [0.717, 1.165) is 11.4 Å². The number of carbonyl (C=O) groups is 1. The Morgan fingerprint density at radius 1 is 1.25 bits per heavy atom. The van der Waals surface area contributed by atoms with Crippen molar-refractivity contribution < 1.29 is 9.53 Å². The number of aromatic nitrogens is 1. The molecule has 0 saturated carbocycles. The number of nitrogens with one attached hydrogen (secondary N) is 1. The molecule has 2 aromatic rings. The Labute approximate surface area is 117 Å². The number of nitrogens with two attached hydrogens (primary N) is 1. The van der Waals surface area contributed by atoms with Crippen LogP contribution in [0.2, 0.25) is 0 Å². The number of carbonyl (C=O) groups excluding carboxylic acids is 1. The molecule has 5 nitrogen and oxygen atoms in total. The molecule has 0 aliphatic heterocycles. The SMILES string of the molecule is Cc1cccc(CNC(=O)COc2ccc(N)cc2)n1. The van der Waals surface area contributed by atoms with Crippen LogP contribution in [0.1, 0.15) is 11.4 Å². The van der Waals surface area contributed by atoms with E-state index in [-0.39, 0.29) is 12.5 Å². The van der Waals surface area contributed by atoms with Gasteiger partial charge in [0.25, 0.3) is 5.91 Å². The minimum absolute atomic E-state index is 0.0320. The van der Waals surface area contributed by atoms with E-state index in [1.165, 1.54) is 0 Å². The van der Waals surface area contributed by atoms with Crippen molar-refractivity contribution in [1.29, 1.82) is 0 Å². The largest absolute Gasteiger partial charge is 0.484 e. The first-order valence-electron chi connectivity index (χ1n) is 6.31. The smallest absolute Gasteiger partial charge is 0.258 e. The lowest BCUT2D eigenvalue weighted by molar-refractivity contribution is -0.123. The summed E-state index contributed by atoms with van der Waals surface area (Å²) in [6.45, 7) is 2.27. The highest BCUT2D eigenvalue weighted by atomic mass is 16.5. The molecule has 1 amide bonds. The normalized spacial score (nSPS) is 10.1. The van der Waals surface area contributed by atoms with Crippen LogP contribution in [-0.4, -0.2) is 17.5 Å². The quantitative estimate of drug-likeness (QED) is 0.811. The third kappa shape index (κ3) is 4.28. The van der Waals surface area contributed by atoms with Crippen molar-refractivity contribution in [2.45, 2.75) is 13.5 Å². The van der Waals surface area contributed by atoms with E-state index in [0.29, 0.717) is 18.0 Å². The molecule has 2 rings (SSSR count). The van der Waals surface area contributed by atoms with Crippen LogP contribution in [0.25, 0.3) is 0 Å². The number of nitrogens with zero attached hydrogens (tertiary/aromatic N) is 1. The predicted molar refractivity (Wildman–Crippen MR) is 77.2 cm³/mol. The Morgan fingerprint density at radius 3 is 2.70 bits per heavy atom. The summed E-state index contributed by atoms with van der Waals surface area (Å²) in [6.07, 6.45) is 0. The maximum absolute atomic E-state index is 11.7. The average molecular weight is 271 g/mol. The number of hydrogen-bond donors (Lipinski definition) is 2. The van der Waals surface area contributed by atoms with Gasteiger partial charge in [0.1, 0.15) is 5.75 Å². The molecule has 0 fully saturated rings. The average Bonchev–Trinajstić information content (AvgIpc) is 2.45. The Bertz CT molecular complexity index is 582. The number of rotatable bonds is 5. The molecule has 0 bridgehead atoms. The van der Waals surface area contributed by atoms with Crippen molar-refractivity contribution in [1.82, 2.24) is 10.3 Å². The molecule has 0 spiro atoms. The molecule has 0 radical (unpaired) electrons. The molecular formula is C15H17N3O2.